The number of ether oxygens (including phenoxy) is 1. The molecule has 0 saturated carbocycles. The second-order valence-electron chi connectivity index (χ2n) is 6.93. The van der Waals surface area contributed by atoms with Crippen LogP contribution in [-0.2, 0) is 4.79 Å². The summed E-state index contributed by atoms with van der Waals surface area (Å²) in [6.45, 7) is 5.83. The molecular formula is C22H24N4O3. The SMILES string of the molecule is Cc1[nH]n(-c2ccccc2)c(=O)c1/C=N/NC(=O)COc1ccc(C(C)C)cc1. The lowest BCUT2D eigenvalue weighted by Gasteiger charge is -2.08. The van der Waals surface area contributed by atoms with Crippen LogP contribution in [0.2, 0.25) is 0 Å². The van der Waals surface area contributed by atoms with E-state index in [1.807, 2.05) is 54.6 Å². The molecule has 3 rings (SSSR count). The van der Waals surface area contributed by atoms with Crippen LogP contribution >= 0.6 is 0 Å². The number of H-pyrrole nitrogens is 1. The zero-order chi connectivity index (χ0) is 20.8. The van der Waals surface area contributed by atoms with Gasteiger partial charge in [0.1, 0.15) is 5.75 Å². The molecule has 7 heteroatoms. The monoisotopic (exact) mass is 392 g/mol. The third kappa shape index (κ3) is 5.01. The lowest BCUT2D eigenvalue weighted by Crippen LogP contribution is -2.25. The number of aromatic amines is 1. The van der Waals surface area contributed by atoms with Crippen LogP contribution in [0.5, 0.6) is 5.75 Å². The number of nitrogens with one attached hydrogen (secondary N) is 2. The van der Waals surface area contributed by atoms with Crippen molar-refractivity contribution in [2.45, 2.75) is 26.7 Å². The second kappa shape index (κ2) is 9.05. The molecular weight excluding hydrogens is 368 g/mol. The topological polar surface area (TPSA) is 88.5 Å². The van der Waals surface area contributed by atoms with Crippen LogP contribution in [0.1, 0.15) is 36.6 Å². The van der Waals surface area contributed by atoms with Crippen LogP contribution in [0.3, 0.4) is 0 Å². The molecule has 0 spiro atoms. The van der Waals surface area contributed by atoms with Gasteiger partial charge in [0.15, 0.2) is 6.61 Å². The van der Waals surface area contributed by atoms with E-state index in [4.69, 9.17) is 4.74 Å². The summed E-state index contributed by atoms with van der Waals surface area (Å²) in [6, 6.07) is 16.8. The summed E-state index contributed by atoms with van der Waals surface area (Å²) < 4.78 is 6.89. The molecule has 1 heterocycles. The van der Waals surface area contributed by atoms with Gasteiger partial charge in [0.2, 0.25) is 0 Å². The number of hydrogen-bond acceptors (Lipinski definition) is 4. The van der Waals surface area contributed by atoms with Gasteiger partial charge in [0.05, 0.1) is 17.5 Å². The van der Waals surface area contributed by atoms with Gasteiger partial charge in [0, 0.05) is 5.69 Å². The number of rotatable bonds is 7. The summed E-state index contributed by atoms with van der Waals surface area (Å²) in [5.74, 6) is 0.636. The maximum absolute atomic E-state index is 12.6. The molecule has 150 valence electrons. The van der Waals surface area contributed by atoms with Crippen LogP contribution in [0, 0.1) is 6.92 Å². The third-order valence-corrected chi connectivity index (χ3v) is 4.43. The van der Waals surface area contributed by atoms with Gasteiger partial charge in [-0.1, -0.05) is 44.2 Å². The van der Waals surface area contributed by atoms with Crippen LogP contribution in [-0.4, -0.2) is 28.5 Å². The number of hydrazone groups is 1. The number of carbonyl (C=O) groups is 1. The van der Waals surface area contributed by atoms with Crippen LogP contribution in [0.15, 0.2) is 64.5 Å². The number of para-hydroxylation sites is 1. The minimum atomic E-state index is -0.411. The lowest BCUT2D eigenvalue weighted by atomic mass is 10.0. The Morgan fingerprint density at radius 2 is 1.86 bits per heavy atom. The fraction of sp³-hybridized carbons (Fsp3) is 0.227. The van der Waals surface area contributed by atoms with Crippen LogP contribution in [0.4, 0.5) is 0 Å². The maximum Gasteiger partial charge on any atom is 0.280 e. The number of aryl methyl sites for hydroxylation is 1. The molecule has 1 amide bonds. The van der Waals surface area contributed by atoms with Crippen molar-refractivity contribution in [3.63, 3.8) is 0 Å². The maximum atomic E-state index is 12.6. The molecule has 0 bridgehead atoms. The van der Waals surface area contributed by atoms with E-state index in [0.29, 0.717) is 22.9 Å². The van der Waals surface area contributed by atoms with E-state index in [-0.39, 0.29) is 12.2 Å². The largest absolute Gasteiger partial charge is 0.484 e. The van der Waals surface area contributed by atoms with Crippen molar-refractivity contribution in [2.75, 3.05) is 6.61 Å². The molecule has 29 heavy (non-hydrogen) atoms. The number of nitrogens with zero attached hydrogens (tertiary/aromatic N) is 2. The van der Waals surface area contributed by atoms with E-state index in [2.05, 4.69) is 29.5 Å². The molecule has 0 unspecified atom stereocenters. The van der Waals surface area contributed by atoms with Gasteiger partial charge in [-0.05, 0) is 42.7 Å². The predicted octanol–water partition coefficient (Wildman–Crippen LogP) is 3.13. The van der Waals surface area contributed by atoms with E-state index in [1.165, 1.54) is 16.5 Å². The molecule has 7 nitrogen and oxygen atoms in total. The Balaban J connectivity index is 1.58. The van der Waals surface area contributed by atoms with E-state index >= 15 is 0 Å². The number of hydrogen-bond donors (Lipinski definition) is 2. The third-order valence-electron chi connectivity index (χ3n) is 4.43. The minimum absolute atomic E-state index is 0.168. The molecule has 1 aromatic heterocycles. The molecule has 0 aliphatic carbocycles. The highest BCUT2D eigenvalue weighted by molar-refractivity contribution is 5.83. The van der Waals surface area contributed by atoms with Gasteiger partial charge in [-0.25, -0.2) is 10.1 Å². The van der Waals surface area contributed by atoms with Crippen molar-refractivity contribution < 1.29 is 9.53 Å². The first kappa shape index (κ1) is 20.1. The van der Waals surface area contributed by atoms with Crippen molar-refractivity contribution in [2.24, 2.45) is 5.10 Å². The smallest absolute Gasteiger partial charge is 0.280 e. The molecule has 0 aliphatic heterocycles. The Labute approximate surface area is 169 Å². The number of amides is 1. The van der Waals surface area contributed by atoms with Gasteiger partial charge >= 0.3 is 0 Å². The molecule has 2 N–H and O–H groups in total. The average molecular weight is 392 g/mol. The Morgan fingerprint density at radius 1 is 1.17 bits per heavy atom. The highest BCUT2D eigenvalue weighted by Gasteiger charge is 2.10. The molecule has 0 radical (unpaired) electrons. The summed E-state index contributed by atoms with van der Waals surface area (Å²) in [5, 5.41) is 6.88. The minimum Gasteiger partial charge on any atom is -0.484 e. The first-order chi connectivity index (χ1) is 14.0. The number of benzene rings is 2. The van der Waals surface area contributed by atoms with E-state index in [1.54, 1.807) is 6.92 Å². The Hall–Kier alpha value is -3.61. The van der Waals surface area contributed by atoms with Crippen molar-refractivity contribution in [3.05, 3.63) is 81.8 Å². The van der Waals surface area contributed by atoms with E-state index in [9.17, 15) is 9.59 Å². The number of carbonyl (C=O) groups excluding carboxylic acids is 1. The van der Waals surface area contributed by atoms with Crippen molar-refractivity contribution in [3.8, 4) is 11.4 Å². The summed E-state index contributed by atoms with van der Waals surface area (Å²) in [7, 11) is 0. The molecule has 0 atom stereocenters. The van der Waals surface area contributed by atoms with Gasteiger partial charge in [-0.3, -0.25) is 14.7 Å². The van der Waals surface area contributed by atoms with E-state index in [0.717, 1.165) is 5.69 Å². The van der Waals surface area contributed by atoms with Gasteiger partial charge in [-0.15, -0.1) is 0 Å². The highest BCUT2D eigenvalue weighted by Crippen LogP contribution is 2.18. The fourth-order valence-corrected chi connectivity index (χ4v) is 2.77. The van der Waals surface area contributed by atoms with Gasteiger partial charge in [0.25, 0.3) is 11.5 Å². The Bertz CT molecular complexity index is 1050. The van der Waals surface area contributed by atoms with Crippen LogP contribution in [0.25, 0.3) is 5.69 Å². The summed E-state index contributed by atoms with van der Waals surface area (Å²) in [6.07, 6.45) is 1.34. The summed E-state index contributed by atoms with van der Waals surface area (Å²) in [5.41, 5.74) is 5.09. The molecule has 0 aliphatic rings. The van der Waals surface area contributed by atoms with Crippen LogP contribution < -0.4 is 15.7 Å². The molecule has 2 aromatic carbocycles. The highest BCUT2D eigenvalue weighted by atomic mass is 16.5. The summed E-state index contributed by atoms with van der Waals surface area (Å²) >= 11 is 0. The van der Waals surface area contributed by atoms with E-state index < -0.39 is 5.91 Å². The van der Waals surface area contributed by atoms with Crippen molar-refractivity contribution in [1.29, 1.82) is 0 Å². The zero-order valence-corrected chi connectivity index (χ0v) is 16.7. The van der Waals surface area contributed by atoms with Gasteiger partial charge in [-0.2, -0.15) is 5.10 Å². The van der Waals surface area contributed by atoms with Crippen molar-refractivity contribution >= 4 is 12.1 Å². The second-order valence-corrected chi connectivity index (χ2v) is 6.93. The molecule has 3 aromatic rings. The normalized spacial score (nSPS) is 11.2. The Kier molecular flexibility index (Phi) is 6.29. The quantitative estimate of drug-likeness (QED) is 0.478. The predicted molar refractivity (Wildman–Crippen MR) is 113 cm³/mol. The van der Waals surface area contributed by atoms with Gasteiger partial charge < -0.3 is 4.74 Å². The molecule has 0 fully saturated rings. The fourth-order valence-electron chi connectivity index (χ4n) is 2.77. The molecule has 0 saturated heterocycles. The first-order valence-corrected chi connectivity index (χ1v) is 9.37. The average Bonchev–Trinajstić information content (AvgIpc) is 3.01. The lowest BCUT2D eigenvalue weighted by molar-refractivity contribution is -0.123. The first-order valence-electron chi connectivity index (χ1n) is 9.37. The zero-order valence-electron chi connectivity index (χ0n) is 16.7. The van der Waals surface area contributed by atoms with Crippen molar-refractivity contribution in [1.82, 2.24) is 15.2 Å². The summed E-state index contributed by atoms with van der Waals surface area (Å²) in [4.78, 5) is 24.5. The number of aromatic nitrogens is 2. The standard InChI is InChI=1S/C22H24N4O3/c1-15(2)17-9-11-19(12-10-17)29-14-21(27)24-23-13-20-16(3)25-26(22(20)28)18-7-5-4-6-8-18/h4-13,15,25H,14H2,1-3H3,(H,24,27)/b23-13+. The Morgan fingerprint density at radius 3 is 2.52 bits per heavy atom.